The number of rotatable bonds is 5. The van der Waals surface area contributed by atoms with E-state index in [2.05, 4.69) is 5.32 Å². The molecule has 0 saturated heterocycles. The summed E-state index contributed by atoms with van der Waals surface area (Å²) < 4.78 is 10.6. The zero-order chi connectivity index (χ0) is 18.7. The van der Waals surface area contributed by atoms with Crippen LogP contribution < -0.4 is 5.32 Å². The Kier molecular flexibility index (Phi) is 5.21. The Morgan fingerprint density at radius 3 is 2.24 bits per heavy atom. The topological polar surface area (TPSA) is 112 Å². The molecule has 0 saturated carbocycles. The first-order valence-electron chi connectivity index (χ1n) is 7.53. The van der Waals surface area contributed by atoms with Gasteiger partial charge < -0.3 is 14.5 Å². The summed E-state index contributed by atoms with van der Waals surface area (Å²) in [6.07, 6.45) is -1.04. The van der Waals surface area contributed by atoms with E-state index in [0.717, 1.165) is 0 Å². The second-order valence-electron chi connectivity index (χ2n) is 5.56. The van der Waals surface area contributed by atoms with E-state index in [-0.39, 0.29) is 5.69 Å². The number of nitrogens with zero attached hydrogens (tertiary/aromatic N) is 1. The number of nitrogens with one attached hydrogen (secondary N) is 1. The lowest BCUT2D eigenvalue weighted by Crippen LogP contribution is -2.30. The van der Waals surface area contributed by atoms with Crippen molar-refractivity contribution in [3.63, 3.8) is 0 Å². The Morgan fingerprint density at radius 2 is 1.76 bits per heavy atom. The van der Waals surface area contributed by atoms with Crippen molar-refractivity contribution >= 4 is 23.3 Å². The molecule has 25 heavy (non-hydrogen) atoms. The van der Waals surface area contributed by atoms with Crippen molar-refractivity contribution in [2.75, 3.05) is 5.32 Å². The molecule has 0 spiro atoms. The predicted molar refractivity (Wildman–Crippen MR) is 89.5 cm³/mol. The van der Waals surface area contributed by atoms with Crippen LogP contribution in [0.3, 0.4) is 0 Å². The van der Waals surface area contributed by atoms with Gasteiger partial charge in [0, 0.05) is 23.4 Å². The van der Waals surface area contributed by atoms with Gasteiger partial charge in [-0.05, 0) is 39.8 Å². The molecule has 8 nitrogen and oxygen atoms in total. The summed E-state index contributed by atoms with van der Waals surface area (Å²) in [5, 5.41) is 13.1. The molecule has 8 heteroatoms. The molecule has 1 aromatic carbocycles. The molecule has 1 aromatic heterocycles. The van der Waals surface area contributed by atoms with E-state index in [0.29, 0.717) is 28.3 Å². The van der Waals surface area contributed by atoms with E-state index < -0.39 is 22.9 Å². The van der Waals surface area contributed by atoms with Gasteiger partial charge in [-0.25, -0.2) is 4.79 Å². The van der Waals surface area contributed by atoms with E-state index in [4.69, 9.17) is 9.15 Å². The molecule has 1 atom stereocenters. The lowest BCUT2D eigenvalue weighted by atomic mass is 10.1. The molecule has 0 fully saturated rings. The van der Waals surface area contributed by atoms with E-state index in [1.165, 1.54) is 31.2 Å². The van der Waals surface area contributed by atoms with Crippen LogP contribution in [-0.2, 0) is 9.53 Å². The SMILES string of the molecule is Cc1oc(C)c(C(=O)OC(C)C(=O)Nc2ccc([N+](=O)[O-])cc2)c1C. The lowest BCUT2D eigenvalue weighted by molar-refractivity contribution is -0.384. The minimum absolute atomic E-state index is 0.0845. The quantitative estimate of drug-likeness (QED) is 0.505. The van der Waals surface area contributed by atoms with Gasteiger partial charge in [0.15, 0.2) is 6.10 Å². The number of ether oxygens (including phenoxy) is 1. The fourth-order valence-electron chi connectivity index (χ4n) is 2.28. The number of anilines is 1. The Hall–Kier alpha value is -3.16. The fourth-order valence-corrected chi connectivity index (χ4v) is 2.28. The number of non-ortho nitro benzene ring substituents is 1. The number of nitro benzene ring substituents is 1. The van der Waals surface area contributed by atoms with Crippen LogP contribution in [0.1, 0.15) is 34.4 Å². The van der Waals surface area contributed by atoms with Crippen LogP contribution in [0.2, 0.25) is 0 Å². The maximum atomic E-state index is 12.2. The number of esters is 1. The van der Waals surface area contributed by atoms with Crippen molar-refractivity contribution in [3.05, 3.63) is 57.0 Å². The van der Waals surface area contributed by atoms with Gasteiger partial charge in [-0.1, -0.05) is 0 Å². The van der Waals surface area contributed by atoms with Gasteiger partial charge in [-0.3, -0.25) is 14.9 Å². The van der Waals surface area contributed by atoms with Crippen LogP contribution in [0.25, 0.3) is 0 Å². The molecule has 132 valence electrons. The summed E-state index contributed by atoms with van der Waals surface area (Å²) in [7, 11) is 0. The number of carbonyl (C=O) groups is 2. The van der Waals surface area contributed by atoms with Crippen LogP contribution in [0.5, 0.6) is 0 Å². The van der Waals surface area contributed by atoms with Gasteiger partial charge in [-0.2, -0.15) is 0 Å². The summed E-state index contributed by atoms with van der Waals surface area (Å²) >= 11 is 0. The van der Waals surface area contributed by atoms with Crippen LogP contribution in [0.15, 0.2) is 28.7 Å². The Bertz CT molecular complexity index is 822. The highest BCUT2D eigenvalue weighted by Crippen LogP contribution is 2.22. The number of amides is 1. The number of furan rings is 1. The molecule has 2 aromatic rings. The highest BCUT2D eigenvalue weighted by Gasteiger charge is 2.24. The van der Waals surface area contributed by atoms with Crippen LogP contribution in [0.4, 0.5) is 11.4 Å². The van der Waals surface area contributed by atoms with Crippen molar-refractivity contribution in [2.24, 2.45) is 0 Å². The molecular weight excluding hydrogens is 328 g/mol. The Labute approximate surface area is 143 Å². The van der Waals surface area contributed by atoms with Crippen LogP contribution in [-0.4, -0.2) is 22.9 Å². The number of benzene rings is 1. The normalized spacial score (nSPS) is 11.7. The van der Waals surface area contributed by atoms with E-state index in [1.807, 2.05) is 0 Å². The summed E-state index contributed by atoms with van der Waals surface area (Å²) in [5.41, 5.74) is 1.27. The van der Waals surface area contributed by atoms with Gasteiger partial charge in [0.2, 0.25) is 0 Å². The highest BCUT2D eigenvalue weighted by atomic mass is 16.6. The van der Waals surface area contributed by atoms with E-state index >= 15 is 0 Å². The number of carbonyl (C=O) groups excluding carboxylic acids is 2. The first kappa shape index (κ1) is 18.2. The van der Waals surface area contributed by atoms with Gasteiger partial charge in [0.25, 0.3) is 11.6 Å². The summed E-state index contributed by atoms with van der Waals surface area (Å²) in [5.74, 6) is -0.133. The maximum Gasteiger partial charge on any atom is 0.342 e. The molecular formula is C17H18N2O6. The average Bonchev–Trinajstić information content (AvgIpc) is 2.80. The Morgan fingerprint density at radius 1 is 1.16 bits per heavy atom. The third-order valence-electron chi connectivity index (χ3n) is 3.76. The molecule has 1 amide bonds. The average molecular weight is 346 g/mol. The van der Waals surface area contributed by atoms with Crippen LogP contribution >= 0.6 is 0 Å². The van der Waals surface area contributed by atoms with Gasteiger partial charge in [0.05, 0.1) is 4.92 Å². The van der Waals surface area contributed by atoms with Gasteiger partial charge >= 0.3 is 5.97 Å². The zero-order valence-electron chi connectivity index (χ0n) is 14.3. The first-order valence-corrected chi connectivity index (χ1v) is 7.53. The van der Waals surface area contributed by atoms with E-state index in [9.17, 15) is 19.7 Å². The molecule has 0 aliphatic carbocycles. The third-order valence-corrected chi connectivity index (χ3v) is 3.76. The maximum absolute atomic E-state index is 12.2. The van der Waals surface area contributed by atoms with Gasteiger partial charge in [-0.15, -0.1) is 0 Å². The number of hydrogen-bond donors (Lipinski definition) is 1. The smallest absolute Gasteiger partial charge is 0.342 e. The molecule has 1 unspecified atom stereocenters. The van der Waals surface area contributed by atoms with E-state index in [1.54, 1.807) is 20.8 Å². The number of hydrogen-bond acceptors (Lipinski definition) is 6. The van der Waals surface area contributed by atoms with Crippen molar-refractivity contribution in [1.29, 1.82) is 0 Å². The minimum Gasteiger partial charge on any atom is -0.465 e. The predicted octanol–water partition coefficient (Wildman–Crippen LogP) is 3.30. The zero-order valence-corrected chi connectivity index (χ0v) is 14.3. The Balaban J connectivity index is 2.02. The number of nitro groups is 1. The monoisotopic (exact) mass is 346 g/mol. The molecule has 0 bridgehead atoms. The van der Waals surface area contributed by atoms with Crippen molar-refractivity contribution in [2.45, 2.75) is 33.8 Å². The number of aryl methyl sites for hydroxylation is 2. The van der Waals surface area contributed by atoms with Crippen molar-refractivity contribution in [3.8, 4) is 0 Å². The summed E-state index contributed by atoms with van der Waals surface area (Å²) in [6, 6.07) is 5.34. The third kappa shape index (κ3) is 4.03. The lowest BCUT2D eigenvalue weighted by Gasteiger charge is -2.13. The second kappa shape index (κ2) is 7.16. The second-order valence-corrected chi connectivity index (χ2v) is 5.56. The fraction of sp³-hybridized carbons (Fsp3) is 0.294. The molecule has 0 aliphatic heterocycles. The first-order chi connectivity index (χ1) is 11.7. The summed E-state index contributed by atoms with van der Waals surface area (Å²) in [6.45, 7) is 6.57. The molecule has 0 aliphatic rings. The van der Waals surface area contributed by atoms with Crippen LogP contribution in [0, 0.1) is 30.9 Å². The standard InChI is InChI=1S/C17H18N2O6/c1-9-10(2)24-11(3)15(9)17(21)25-12(4)16(20)18-13-5-7-14(8-6-13)19(22)23/h5-8,12H,1-4H3,(H,18,20). The highest BCUT2D eigenvalue weighted by molar-refractivity contribution is 5.98. The van der Waals surface area contributed by atoms with Crippen molar-refractivity contribution in [1.82, 2.24) is 0 Å². The largest absolute Gasteiger partial charge is 0.465 e. The minimum atomic E-state index is -1.04. The van der Waals surface area contributed by atoms with Gasteiger partial charge in [0.1, 0.15) is 17.1 Å². The van der Waals surface area contributed by atoms with Crippen molar-refractivity contribution < 1.29 is 23.7 Å². The molecule has 1 N–H and O–H groups in total. The molecule has 0 radical (unpaired) electrons. The molecule has 1 heterocycles. The molecule has 2 rings (SSSR count). The summed E-state index contributed by atoms with van der Waals surface area (Å²) in [4.78, 5) is 34.5.